The van der Waals surface area contributed by atoms with Gasteiger partial charge in [0.1, 0.15) is 0 Å². The number of rotatable bonds is 6. The van der Waals surface area contributed by atoms with E-state index in [1.807, 2.05) is 0 Å². The Bertz CT molecular complexity index is 278. The Morgan fingerprint density at radius 1 is 1.42 bits per heavy atom. The van der Waals surface area contributed by atoms with Crippen LogP contribution in [-0.4, -0.2) is 48.5 Å². The molecule has 1 N–H and O–H groups in total. The van der Waals surface area contributed by atoms with Gasteiger partial charge in [-0.3, -0.25) is 0 Å². The van der Waals surface area contributed by atoms with Crippen molar-refractivity contribution in [3.05, 3.63) is 0 Å². The molecule has 0 bridgehead atoms. The first-order valence-electron chi connectivity index (χ1n) is 7.64. The minimum atomic E-state index is -0.264. The van der Waals surface area contributed by atoms with E-state index in [2.05, 4.69) is 39.8 Å². The summed E-state index contributed by atoms with van der Waals surface area (Å²) in [5, 5.41) is 10.8. The number of ether oxygens (including phenoxy) is 1. The minimum Gasteiger partial charge on any atom is -0.391 e. The Balaban J connectivity index is 2.71. The number of hydrogen-bond donors (Lipinski definition) is 1. The fraction of sp³-hybridized carbons (Fsp3) is 1.00. The quantitative estimate of drug-likeness (QED) is 0.806. The molecule has 114 valence electrons. The van der Waals surface area contributed by atoms with Gasteiger partial charge in [0.15, 0.2) is 0 Å². The van der Waals surface area contributed by atoms with Crippen LogP contribution < -0.4 is 0 Å². The first-order valence-corrected chi connectivity index (χ1v) is 7.64. The summed E-state index contributed by atoms with van der Waals surface area (Å²) < 4.78 is 5.47. The lowest BCUT2D eigenvalue weighted by molar-refractivity contribution is -0.0622. The largest absolute Gasteiger partial charge is 0.391 e. The molecule has 19 heavy (non-hydrogen) atoms. The van der Waals surface area contributed by atoms with Gasteiger partial charge in [0, 0.05) is 12.6 Å². The van der Waals surface area contributed by atoms with Gasteiger partial charge in [0.05, 0.1) is 11.7 Å². The van der Waals surface area contributed by atoms with Crippen LogP contribution in [0.2, 0.25) is 0 Å². The van der Waals surface area contributed by atoms with E-state index >= 15 is 0 Å². The molecule has 1 saturated carbocycles. The molecule has 0 aliphatic heterocycles. The minimum absolute atomic E-state index is 0.0402. The van der Waals surface area contributed by atoms with Gasteiger partial charge in [-0.05, 0) is 59.5 Å². The van der Waals surface area contributed by atoms with E-state index in [1.165, 1.54) is 12.8 Å². The second-order valence-corrected chi connectivity index (χ2v) is 7.22. The van der Waals surface area contributed by atoms with Crippen LogP contribution in [0.3, 0.4) is 0 Å². The molecule has 0 aromatic heterocycles. The van der Waals surface area contributed by atoms with E-state index in [1.54, 1.807) is 7.11 Å². The van der Waals surface area contributed by atoms with Crippen molar-refractivity contribution >= 4 is 0 Å². The number of methoxy groups -OCH3 is 1. The summed E-state index contributed by atoms with van der Waals surface area (Å²) in [5.74, 6) is 0.709. The molecule has 0 aromatic carbocycles. The van der Waals surface area contributed by atoms with Gasteiger partial charge in [-0.2, -0.15) is 0 Å². The zero-order chi connectivity index (χ0) is 14.7. The molecule has 0 saturated heterocycles. The average Bonchev–Trinajstić information content (AvgIpc) is 2.35. The third-order valence-electron chi connectivity index (χ3n) is 5.09. The summed E-state index contributed by atoms with van der Waals surface area (Å²) >= 11 is 0. The first-order chi connectivity index (χ1) is 8.73. The first kappa shape index (κ1) is 16.9. The van der Waals surface area contributed by atoms with E-state index in [4.69, 9.17) is 4.74 Å². The number of likely N-dealkylation sites (N-methyl/N-ethyl adjacent to an activating group) is 1. The average molecular weight is 271 g/mol. The molecule has 1 aliphatic rings. The van der Waals surface area contributed by atoms with E-state index in [0.29, 0.717) is 5.92 Å². The molecule has 1 rings (SSSR count). The molecule has 1 fully saturated rings. The van der Waals surface area contributed by atoms with Gasteiger partial charge in [-0.15, -0.1) is 0 Å². The smallest absolute Gasteiger partial charge is 0.0724 e. The van der Waals surface area contributed by atoms with Crippen molar-refractivity contribution in [3.8, 4) is 0 Å². The van der Waals surface area contributed by atoms with Crippen molar-refractivity contribution in [3.63, 3.8) is 0 Å². The topological polar surface area (TPSA) is 32.7 Å². The summed E-state index contributed by atoms with van der Waals surface area (Å²) in [5.41, 5.74) is -0.184. The molecule has 0 aromatic rings. The van der Waals surface area contributed by atoms with Crippen molar-refractivity contribution in [2.45, 2.75) is 76.5 Å². The monoisotopic (exact) mass is 271 g/mol. The lowest BCUT2D eigenvalue weighted by Gasteiger charge is -2.48. The molecular weight excluding hydrogens is 238 g/mol. The number of hydrogen-bond acceptors (Lipinski definition) is 3. The SMILES string of the molecule is COC(C)(C)CCC(O)C1(N(C)C)CCCC(C)C1. The van der Waals surface area contributed by atoms with Gasteiger partial charge in [-0.1, -0.05) is 19.8 Å². The van der Waals surface area contributed by atoms with Crippen LogP contribution in [-0.2, 0) is 4.74 Å². The van der Waals surface area contributed by atoms with E-state index in [9.17, 15) is 5.11 Å². The summed E-state index contributed by atoms with van der Waals surface area (Å²) in [6, 6.07) is 0. The van der Waals surface area contributed by atoms with Gasteiger partial charge >= 0.3 is 0 Å². The van der Waals surface area contributed by atoms with E-state index in [-0.39, 0.29) is 17.2 Å². The highest BCUT2D eigenvalue weighted by Crippen LogP contribution is 2.40. The summed E-state index contributed by atoms with van der Waals surface area (Å²) in [6.45, 7) is 6.49. The Morgan fingerprint density at radius 2 is 2.05 bits per heavy atom. The molecule has 3 atom stereocenters. The molecular formula is C16H33NO2. The van der Waals surface area contributed by atoms with Gasteiger partial charge in [0.2, 0.25) is 0 Å². The maximum Gasteiger partial charge on any atom is 0.0724 e. The number of nitrogens with zero attached hydrogens (tertiary/aromatic N) is 1. The van der Waals surface area contributed by atoms with Crippen LogP contribution in [0.25, 0.3) is 0 Å². The summed E-state index contributed by atoms with van der Waals surface area (Å²) in [4.78, 5) is 2.26. The zero-order valence-electron chi connectivity index (χ0n) is 13.7. The standard InChI is InChI=1S/C16H33NO2/c1-13-8-7-10-16(12-13,17(4)5)14(18)9-11-15(2,3)19-6/h13-14,18H,7-12H2,1-6H3. The molecule has 1 aliphatic carbocycles. The number of aliphatic hydroxyl groups excluding tert-OH is 1. The van der Waals surface area contributed by atoms with E-state index in [0.717, 1.165) is 25.7 Å². The Kier molecular flexibility index (Phi) is 5.84. The van der Waals surface area contributed by atoms with Crippen LogP contribution in [0.4, 0.5) is 0 Å². The van der Waals surface area contributed by atoms with Crippen molar-refractivity contribution in [2.24, 2.45) is 5.92 Å². The highest BCUT2D eigenvalue weighted by Gasteiger charge is 2.43. The van der Waals surface area contributed by atoms with Crippen molar-refractivity contribution in [2.75, 3.05) is 21.2 Å². The molecule has 3 heteroatoms. The Morgan fingerprint density at radius 3 is 2.53 bits per heavy atom. The lowest BCUT2D eigenvalue weighted by atomic mass is 9.71. The zero-order valence-corrected chi connectivity index (χ0v) is 13.7. The van der Waals surface area contributed by atoms with Gasteiger partial charge in [0.25, 0.3) is 0 Å². The lowest BCUT2D eigenvalue weighted by Crippen LogP contribution is -2.56. The highest BCUT2D eigenvalue weighted by molar-refractivity contribution is 4.98. The third kappa shape index (κ3) is 4.17. The summed E-state index contributed by atoms with van der Waals surface area (Å²) in [6.07, 6.45) is 6.18. The fourth-order valence-electron chi connectivity index (χ4n) is 3.43. The van der Waals surface area contributed by atoms with Crippen LogP contribution >= 0.6 is 0 Å². The molecule has 0 heterocycles. The van der Waals surface area contributed by atoms with Crippen LogP contribution in [0.1, 0.15) is 59.3 Å². The third-order valence-corrected chi connectivity index (χ3v) is 5.09. The second-order valence-electron chi connectivity index (χ2n) is 7.22. The summed E-state index contributed by atoms with van der Waals surface area (Å²) in [7, 11) is 5.97. The molecule has 0 radical (unpaired) electrons. The fourth-order valence-corrected chi connectivity index (χ4v) is 3.43. The van der Waals surface area contributed by atoms with Crippen molar-refractivity contribution in [1.29, 1.82) is 0 Å². The predicted octanol–water partition coefficient (Wildman–Crippen LogP) is 3.06. The van der Waals surface area contributed by atoms with Crippen molar-refractivity contribution in [1.82, 2.24) is 4.90 Å². The van der Waals surface area contributed by atoms with E-state index < -0.39 is 0 Å². The van der Waals surface area contributed by atoms with Crippen LogP contribution in [0, 0.1) is 5.92 Å². The van der Waals surface area contributed by atoms with Gasteiger partial charge < -0.3 is 14.7 Å². The molecule has 0 amide bonds. The Labute approximate surface area is 119 Å². The maximum atomic E-state index is 10.8. The molecule has 3 nitrogen and oxygen atoms in total. The Hall–Kier alpha value is -0.120. The predicted molar refractivity (Wildman–Crippen MR) is 80.4 cm³/mol. The van der Waals surface area contributed by atoms with Gasteiger partial charge in [-0.25, -0.2) is 0 Å². The maximum absolute atomic E-state index is 10.8. The number of aliphatic hydroxyl groups is 1. The van der Waals surface area contributed by atoms with Crippen LogP contribution in [0.5, 0.6) is 0 Å². The van der Waals surface area contributed by atoms with Crippen molar-refractivity contribution < 1.29 is 9.84 Å². The second kappa shape index (κ2) is 6.55. The normalized spacial score (nSPS) is 30.6. The molecule has 0 spiro atoms. The highest BCUT2D eigenvalue weighted by atomic mass is 16.5. The van der Waals surface area contributed by atoms with Crippen LogP contribution in [0.15, 0.2) is 0 Å². The molecule has 3 unspecified atom stereocenters.